The van der Waals surface area contributed by atoms with Gasteiger partial charge in [0.05, 0.1) is 10.9 Å². The fraction of sp³-hybridized carbons (Fsp3) is 0.182. The molecule has 3 aromatic carbocycles. The van der Waals surface area contributed by atoms with Crippen LogP contribution in [0.2, 0.25) is 0 Å². The molecule has 0 aromatic heterocycles. The second-order valence-corrected chi connectivity index (χ2v) is 10.4. The first-order valence-corrected chi connectivity index (χ1v) is 12.0. The van der Waals surface area contributed by atoms with Gasteiger partial charge in [0.1, 0.15) is 5.75 Å². The number of ether oxygens (including phenoxy) is 1. The molecule has 0 aliphatic carbocycles. The molecule has 0 bridgehead atoms. The van der Waals surface area contributed by atoms with Crippen LogP contribution in [0.5, 0.6) is 5.75 Å². The summed E-state index contributed by atoms with van der Waals surface area (Å²) >= 11 is 0. The van der Waals surface area contributed by atoms with Crippen molar-refractivity contribution in [2.75, 3.05) is 0 Å². The molecule has 0 saturated heterocycles. The minimum Gasteiger partial charge on any atom is -0.743 e. The molecule has 0 saturated carbocycles. The zero-order valence-electron chi connectivity index (χ0n) is 16.9. The summed E-state index contributed by atoms with van der Waals surface area (Å²) in [5.74, 6) is -0.662. The molecule has 0 amide bonds. The van der Waals surface area contributed by atoms with E-state index in [1.54, 1.807) is 0 Å². The quantitative estimate of drug-likeness (QED) is 0.241. The van der Waals surface area contributed by atoms with Crippen LogP contribution >= 0.6 is 0 Å². The minimum atomic E-state index is -6.63. The van der Waals surface area contributed by atoms with Crippen LogP contribution < -0.4 is 4.74 Å². The molecular formula is C22H17F5O4S2. The molecule has 0 heterocycles. The lowest BCUT2D eigenvalue weighted by Gasteiger charge is -2.30. The molecule has 3 aromatic rings. The zero-order valence-corrected chi connectivity index (χ0v) is 18.6. The van der Waals surface area contributed by atoms with E-state index in [4.69, 9.17) is 0 Å². The zero-order chi connectivity index (χ0) is 24.4. The maximum Gasteiger partial charge on any atom is 0.432 e. The van der Waals surface area contributed by atoms with Crippen LogP contribution in [-0.2, 0) is 21.0 Å². The van der Waals surface area contributed by atoms with Crippen LogP contribution in [0.1, 0.15) is 5.56 Å². The van der Waals surface area contributed by atoms with E-state index >= 15 is 0 Å². The van der Waals surface area contributed by atoms with Crippen molar-refractivity contribution in [2.45, 2.75) is 39.1 Å². The van der Waals surface area contributed by atoms with Gasteiger partial charge >= 0.3 is 11.4 Å². The van der Waals surface area contributed by atoms with Crippen molar-refractivity contribution in [3.63, 3.8) is 0 Å². The van der Waals surface area contributed by atoms with Crippen molar-refractivity contribution >= 4 is 21.0 Å². The van der Waals surface area contributed by atoms with Gasteiger partial charge in [0, 0.05) is 0 Å². The van der Waals surface area contributed by atoms with Gasteiger partial charge in [0.25, 0.3) is 6.10 Å². The van der Waals surface area contributed by atoms with Gasteiger partial charge in [-0.1, -0.05) is 35.9 Å². The Balaban J connectivity index is 1.97. The molecule has 33 heavy (non-hydrogen) atoms. The van der Waals surface area contributed by atoms with E-state index in [0.29, 0.717) is 4.90 Å². The smallest absolute Gasteiger partial charge is 0.432 e. The van der Waals surface area contributed by atoms with Crippen LogP contribution in [0.3, 0.4) is 0 Å². The van der Waals surface area contributed by atoms with Crippen LogP contribution in [0.4, 0.5) is 22.0 Å². The maximum atomic E-state index is 13.7. The van der Waals surface area contributed by atoms with Crippen LogP contribution in [0.15, 0.2) is 93.5 Å². The Morgan fingerprint density at radius 3 is 1.70 bits per heavy atom. The summed E-state index contributed by atoms with van der Waals surface area (Å²) in [6.45, 7) is 1.92. The van der Waals surface area contributed by atoms with Crippen molar-refractivity contribution in [1.82, 2.24) is 0 Å². The van der Waals surface area contributed by atoms with E-state index in [9.17, 15) is 34.9 Å². The fourth-order valence-electron chi connectivity index (χ4n) is 2.89. The molecule has 176 valence electrons. The second-order valence-electron chi connectivity index (χ2n) is 6.96. The first-order chi connectivity index (χ1) is 15.3. The van der Waals surface area contributed by atoms with Gasteiger partial charge in [0.15, 0.2) is 24.8 Å². The maximum absolute atomic E-state index is 13.7. The Hall–Kier alpha value is -2.63. The van der Waals surface area contributed by atoms with E-state index in [2.05, 4.69) is 4.74 Å². The SMILES string of the molecule is Cc1ccc([S+](c2ccccc2)c2ccc(OC(C(F)(F)F)C(F)(F)S(=O)(=O)[O-])cc2)cc1. The average molecular weight is 504 g/mol. The molecule has 0 spiro atoms. The first kappa shape index (κ1) is 25.0. The van der Waals surface area contributed by atoms with Crippen molar-refractivity contribution in [3.8, 4) is 5.75 Å². The summed E-state index contributed by atoms with van der Waals surface area (Å²) in [6.07, 6.45) is -9.96. The molecular weight excluding hydrogens is 487 g/mol. The third kappa shape index (κ3) is 5.66. The predicted molar refractivity (Wildman–Crippen MR) is 111 cm³/mol. The number of halogens is 5. The number of hydrogen-bond acceptors (Lipinski definition) is 4. The fourth-order valence-corrected chi connectivity index (χ4v) is 5.39. The van der Waals surface area contributed by atoms with E-state index in [-0.39, 0.29) is 0 Å². The molecule has 0 N–H and O–H groups in total. The lowest BCUT2D eigenvalue weighted by molar-refractivity contribution is -0.239. The standard InChI is InChI=1S/C22H17F5O4S2/c1-15-7-11-18(12-8-15)32(17-5-3-2-4-6-17)19-13-9-16(10-14-19)31-20(21(23,24)25)22(26,27)33(28,29)30/h2-14,20H,1H3. The van der Waals surface area contributed by atoms with Crippen molar-refractivity contribution in [3.05, 3.63) is 84.4 Å². The van der Waals surface area contributed by atoms with E-state index in [1.807, 2.05) is 61.5 Å². The molecule has 0 aliphatic heterocycles. The second kappa shape index (κ2) is 9.32. The third-order valence-electron chi connectivity index (χ3n) is 4.48. The summed E-state index contributed by atoms with van der Waals surface area (Å²) in [5.41, 5.74) is 1.03. The summed E-state index contributed by atoms with van der Waals surface area (Å²) in [5, 5.41) is -5.71. The molecule has 2 atom stereocenters. The minimum absolute atomic E-state index is 0.657. The Morgan fingerprint density at radius 2 is 1.24 bits per heavy atom. The molecule has 4 nitrogen and oxygen atoms in total. The van der Waals surface area contributed by atoms with Gasteiger partial charge in [-0.15, -0.1) is 0 Å². The van der Waals surface area contributed by atoms with E-state index in [0.717, 1.165) is 27.5 Å². The summed E-state index contributed by atoms with van der Waals surface area (Å²) in [4.78, 5) is 2.48. The Morgan fingerprint density at radius 1 is 0.788 bits per heavy atom. The van der Waals surface area contributed by atoms with Crippen LogP contribution in [0, 0.1) is 6.92 Å². The number of aryl methyl sites for hydroxylation is 1. The molecule has 3 rings (SSSR count). The lowest BCUT2D eigenvalue weighted by Crippen LogP contribution is -2.53. The molecule has 2 unspecified atom stereocenters. The molecule has 0 fully saturated rings. The Bertz CT molecular complexity index is 1180. The largest absolute Gasteiger partial charge is 0.743 e. The Labute approximate surface area is 190 Å². The van der Waals surface area contributed by atoms with E-state index < -0.39 is 44.3 Å². The van der Waals surface area contributed by atoms with Crippen LogP contribution in [0.25, 0.3) is 0 Å². The van der Waals surface area contributed by atoms with Gasteiger partial charge in [-0.25, -0.2) is 8.42 Å². The van der Waals surface area contributed by atoms with Crippen molar-refractivity contribution in [1.29, 1.82) is 0 Å². The normalized spacial score (nSPS) is 14.5. The molecule has 11 heteroatoms. The average Bonchev–Trinajstić information content (AvgIpc) is 2.73. The van der Waals surface area contributed by atoms with Gasteiger partial charge in [-0.2, -0.15) is 22.0 Å². The summed E-state index contributed by atoms with van der Waals surface area (Å²) in [7, 11) is -7.29. The summed E-state index contributed by atoms with van der Waals surface area (Å²) in [6, 6.07) is 21.8. The number of alkyl halides is 5. The highest BCUT2D eigenvalue weighted by Gasteiger charge is 2.62. The lowest BCUT2D eigenvalue weighted by atomic mass is 10.2. The van der Waals surface area contributed by atoms with Gasteiger partial charge in [-0.05, 0) is 55.5 Å². The van der Waals surface area contributed by atoms with Crippen molar-refractivity contribution < 1.29 is 39.7 Å². The highest BCUT2D eigenvalue weighted by atomic mass is 32.2. The number of rotatable bonds is 7. The van der Waals surface area contributed by atoms with Gasteiger partial charge in [0.2, 0.25) is 0 Å². The third-order valence-corrected chi connectivity index (χ3v) is 7.60. The first-order valence-electron chi connectivity index (χ1n) is 9.33. The predicted octanol–water partition coefficient (Wildman–Crippen LogP) is 5.54. The topological polar surface area (TPSA) is 66.4 Å². The van der Waals surface area contributed by atoms with Crippen LogP contribution in [-0.4, -0.2) is 30.5 Å². The monoisotopic (exact) mass is 504 g/mol. The number of hydrogen-bond donors (Lipinski definition) is 0. The highest BCUT2D eigenvalue weighted by molar-refractivity contribution is 7.97. The number of benzene rings is 3. The Kier molecular flexibility index (Phi) is 7.06. The summed E-state index contributed by atoms with van der Waals surface area (Å²) < 4.78 is 103. The van der Waals surface area contributed by atoms with Gasteiger partial charge in [-0.3, -0.25) is 0 Å². The molecule has 0 radical (unpaired) electrons. The van der Waals surface area contributed by atoms with E-state index in [1.165, 1.54) is 12.1 Å². The highest BCUT2D eigenvalue weighted by Crippen LogP contribution is 2.39. The molecule has 0 aliphatic rings. The van der Waals surface area contributed by atoms with Gasteiger partial charge < -0.3 is 9.29 Å². The van der Waals surface area contributed by atoms with Crippen molar-refractivity contribution in [2.24, 2.45) is 0 Å².